The summed E-state index contributed by atoms with van der Waals surface area (Å²) < 4.78 is 7.59. The van der Waals surface area contributed by atoms with Gasteiger partial charge in [0.05, 0.1) is 11.1 Å². The van der Waals surface area contributed by atoms with Crippen LogP contribution >= 0.6 is 31.9 Å². The van der Waals surface area contributed by atoms with Gasteiger partial charge >= 0.3 is 11.9 Å². The van der Waals surface area contributed by atoms with E-state index in [9.17, 15) is 24.9 Å². The molecule has 0 atom stereocenters. The van der Waals surface area contributed by atoms with Crippen LogP contribution in [0.5, 0.6) is 11.5 Å². The van der Waals surface area contributed by atoms with Gasteiger partial charge in [-0.25, -0.2) is 9.59 Å². The second kappa shape index (κ2) is 10.1. The zero-order valence-corrected chi connectivity index (χ0v) is 24.2. The molecule has 1 aliphatic heterocycles. The molecular formula is C29H28Br2O6. The monoisotopic (exact) mass is 630 g/mol. The number of carbonyl (C=O) groups is 2. The smallest absolute Gasteiger partial charge is 0.340 e. The first-order valence-corrected chi connectivity index (χ1v) is 13.8. The lowest BCUT2D eigenvalue weighted by Gasteiger charge is -2.34. The zero-order valence-electron chi connectivity index (χ0n) is 21.0. The van der Waals surface area contributed by atoms with Gasteiger partial charge in [0.2, 0.25) is 0 Å². The van der Waals surface area contributed by atoms with Crippen molar-refractivity contribution in [3.05, 3.63) is 89.3 Å². The maximum absolute atomic E-state index is 13.3. The lowest BCUT2D eigenvalue weighted by atomic mass is 9.76. The molecule has 3 aromatic carbocycles. The molecule has 1 heterocycles. The van der Waals surface area contributed by atoms with Crippen molar-refractivity contribution in [1.29, 1.82) is 0 Å². The maximum atomic E-state index is 13.3. The van der Waals surface area contributed by atoms with Gasteiger partial charge in [-0.3, -0.25) is 0 Å². The third-order valence-electron chi connectivity index (χ3n) is 7.21. The summed E-state index contributed by atoms with van der Waals surface area (Å²) in [5, 5.41) is 33.1. The van der Waals surface area contributed by atoms with Crippen molar-refractivity contribution in [3.8, 4) is 11.5 Å². The van der Waals surface area contributed by atoms with Gasteiger partial charge < -0.3 is 20.1 Å². The summed E-state index contributed by atoms with van der Waals surface area (Å²) in [6, 6.07) is 7.57. The minimum Gasteiger partial charge on any atom is -0.507 e. The number of carbonyl (C=O) groups excluding carboxylic acids is 1. The Kier molecular flexibility index (Phi) is 7.45. The highest BCUT2D eigenvalue weighted by Gasteiger charge is 2.53. The third-order valence-corrected chi connectivity index (χ3v) is 8.63. The number of phenols is 2. The van der Waals surface area contributed by atoms with Crippen molar-refractivity contribution >= 4 is 43.8 Å². The van der Waals surface area contributed by atoms with Crippen molar-refractivity contribution in [1.82, 2.24) is 0 Å². The van der Waals surface area contributed by atoms with Crippen molar-refractivity contribution < 1.29 is 29.6 Å². The highest BCUT2D eigenvalue weighted by atomic mass is 79.9. The molecule has 4 rings (SSSR count). The second-order valence-electron chi connectivity index (χ2n) is 8.97. The Morgan fingerprint density at radius 3 is 1.65 bits per heavy atom. The van der Waals surface area contributed by atoms with E-state index in [1.165, 1.54) is 18.2 Å². The molecule has 0 amide bonds. The number of aromatic carboxylic acids is 1. The number of phenolic OH excluding ortho intramolecular Hbond substituents is 2. The summed E-state index contributed by atoms with van der Waals surface area (Å²) in [4.78, 5) is 25.2. The Morgan fingerprint density at radius 1 is 0.784 bits per heavy atom. The predicted molar refractivity (Wildman–Crippen MR) is 148 cm³/mol. The molecule has 0 radical (unpaired) electrons. The lowest BCUT2D eigenvalue weighted by Crippen LogP contribution is -2.31. The van der Waals surface area contributed by atoms with Gasteiger partial charge in [-0.05, 0) is 78.3 Å². The van der Waals surface area contributed by atoms with Crippen LogP contribution in [0, 0.1) is 0 Å². The molecule has 37 heavy (non-hydrogen) atoms. The first-order chi connectivity index (χ1) is 17.6. The summed E-state index contributed by atoms with van der Waals surface area (Å²) in [5.41, 5.74) is 2.30. The number of hydrogen-bond acceptors (Lipinski definition) is 5. The molecule has 0 aromatic heterocycles. The van der Waals surface area contributed by atoms with Crippen LogP contribution in [0.1, 0.15) is 87.4 Å². The number of cyclic esters (lactones) is 1. The first-order valence-electron chi connectivity index (χ1n) is 12.3. The summed E-state index contributed by atoms with van der Waals surface area (Å²) in [5.74, 6) is -1.96. The van der Waals surface area contributed by atoms with E-state index in [0.717, 1.165) is 20.1 Å². The Balaban J connectivity index is 2.25. The molecule has 3 aromatic rings. The molecule has 8 heteroatoms. The van der Waals surface area contributed by atoms with Crippen molar-refractivity contribution in [3.63, 3.8) is 0 Å². The Morgan fingerprint density at radius 2 is 1.24 bits per heavy atom. The number of carboxylic acid groups (broad SMARTS) is 1. The molecule has 0 spiro atoms. The highest BCUT2D eigenvalue weighted by Crippen LogP contribution is 2.55. The van der Waals surface area contributed by atoms with E-state index in [-0.39, 0.29) is 39.3 Å². The van der Waals surface area contributed by atoms with Crippen LogP contribution in [-0.2, 0) is 36.0 Å². The fourth-order valence-corrected chi connectivity index (χ4v) is 6.96. The number of benzene rings is 3. The molecule has 194 valence electrons. The number of aromatic hydroxyl groups is 2. The van der Waals surface area contributed by atoms with E-state index in [1.54, 1.807) is 12.1 Å². The highest BCUT2D eigenvalue weighted by molar-refractivity contribution is 9.10. The number of rotatable bonds is 7. The topological polar surface area (TPSA) is 104 Å². The van der Waals surface area contributed by atoms with Gasteiger partial charge in [0, 0.05) is 25.6 Å². The van der Waals surface area contributed by atoms with Gasteiger partial charge in [0.15, 0.2) is 5.60 Å². The number of carboxylic acids is 1. The number of halogens is 2. The van der Waals surface area contributed by atoms with Crippen LogP contribution in [0.3, 0.4) is 0 Å². The molecule has 0 aliphatic carbocycles. The number of ether oxygens (including phenoxy) is 1. The molecule has 0 saturated carbocycles. The molecule has 1 aliphatic rings. The summed E-state index contributed by atoms with van der Waals surface area (Å²) in [6.07, 6.45) is 2.34. The zero-order chi connectivity index (χ0) is 27.2. The van der Waals surface area contributed by atoms with Crippen molar-refractivity contribution in [2.45, 2.75) is 59.0 Å². The molecular weight excluding hydrogens is 604 g/mol. The Bertz CT molecular complexity index is 1380. The average molecular weight is 632 g/mol. The Hall–Kier alpha value is -2.84. The molecule has 0 bridgehead atoms. The molecule has 6 nitrogen and oxygen atoms in total. The Labute approximate surface area is 232 Å². The lowest BCUT2D eigenvalue weighted by molar-refractivity contribution is 0.0238. The molecule has 0 saturated heterocycles. The van der Waals surface area contributed by atoms with E-state index < -0.39 is 17.5 Å². The van der Waals surface area contributed by atoms with Crippen LogP contribution in [-0.4, -0.2) is 27.3 Å². The van der Waals surface area contributed by atoms with E-state index >= 15 is 0 Å². The average Bonchev–Trinajstić information content (AvgIpc) is 3.17. The van der Waals surface area contributed by atoms with Crippen LogP contribution in [0.2, 0.25) is 0 Å². The van der Waals surface area contributed by atoms with Gasteiger partial charge in [0.25, 0.3) is 0 Å². The summed E-state index contributed by atoms with van der Waals surface area (Å²) >= 11 is 7.27. The van der Waals surface area contributed by atoms with Crippen molar-refractivity contribution in [2.24, 2.45) is 0 Å². The van der Waals surface area contributed by atoms with Crippen LogP contribution in [0.4, 0.5) is 0 Å². The van der Waals surface area contributed by atoms with E-state index in [1.807, 2.05) is 27.7 Å². The normalized spacial score (nSPS) is 13.9. The minimum absolute atomic E-state index is 0.0414. The number of fused-ring (bicyclic) bond motifs is 1. The molecule has 0 unspecified atom stereocenters. The fraction of sp³-hybridized carbons (Fsp3) is 0.310. The predicted octanol–water partition coefficient (Wildman–Crippen LogP) is 7.03. The standard InChI is InChI=1S/C29H28Br2O6/c1-5-15-17(7-3)25(32)21(12-23(15)30)29(22-13-24(31)16(6-2)18(8-4)26(22)33)20-11-14(27(34)35)9-10-19(20)28(36)37-29/h9-13,32-33H,5-8H2,1-4H3,(H,34,35). The number of hydrogen-bond donors (Lipinski definition) is 3. The second-order valence-corrected chi connectivity index (χ2v) is 10.7. The van der Waals surface area contributed by atoms with Crippen LogP contribution in [0.15, 0.2) is 39.3 Å². The quantitative estimate of drug-likeness (QED) is 0.242. The summed E-state index contributed by atoms with van der Waals surface area (Å²) in [7, 11) is 0. The van der Waals surface area contributed by atoms with E-state index in [4.69, 9.17) is 4.74 Å². The van der Waals surface area contributed by atoms with Crippen LogP contribution in [0.25, 0.3) is 0 Å². The molecule has 3 N–H and O–H groups in total. The van der Waals surface area contributed by atoms with Gasteiger partial charge in [-0.2, -0.15) is 0 Å². The van der Waals surface area contributed by atoms with E-state index in [0.29, 0.717) is 36.8 Å². The molecule has 0 fully saturated rings. The summed E-state index contributed by atoms with van der Waals surface area (Å²) in [6.45, 7) is 7.82. The first kappa shape index (κ1) is 27.2. The SMILES string of the molecule is CCc1c(Br)cc(C2(c3cc(Br)c(CC)c(CC)c3O)OC(=O)c3ccc(C(=O)O)cc32)c(O)c1CC. The van der Waals surface area contributed by atoms with Gasteiger partial charge in [-0.15, -0.1) is 0 Å². The largest absolute Gasteiger partial charge is 0.507 e. The van der Waals surface area contributed by atoms with Crippen LogP contribution < -0.4 is 0 Å². The van der Waals surface area contributed by atoms with Gasteiger partial charge in [-0.1, -0.05) is 59.6 Å². The van der Waals surface area contributed by atoms with E-state index in [2.05, 4.69) is 31.9 Å². The van der Waals surface area contributed by atoms with Crippen molar-refractivity contribution in [2.75, 3.05) is 0 Å². The van der Waals surface area contributed by atoms with Gasteiger partial charge in [0.1, 0.15) is 11.5 Å². The minimum atomic E-state index is -1.79. The fourth-order valence-electron chi connectivity index (χ4n) is 5.47. The number of esters is 1. The third kappa shape index (κ3) is 4.05. The maximum Gasteiger partial charge on any atom is 0.340 e.